The van der Waals surface area contributed by atoms with E-state index in [1.54, 1.807) is 16.5 Å². The second kappa shape index (κ2) is 9.85. The zero-order chi connectivity index (χ0) is 29.9. The van der Waals surface area contributed by atoms with Crippen LogP contribution in [0.1, 0.15) is 6.92 Å². The van der Waals surface area contributed by atoms with Crippen LogP contribution in [0.15, 0.2) is 120 Å². The van der Waals surface area contributed by atoms with Crippen molar-refractivity contribution in [2.45, 2.75) is 6.92 Å². The van der Waals surface area contributed by atoms with Crippen molar-refractivity contribution < 1.29 is 9.84 Å². The average molecular weight is 574 g/mol. The van der Waals surface area contributed by atoms with Gasteiger partial charge in [-0.05, 0) is 101 Å². The van der Waals surface area contributed by atoms with Crippen molar-refractivity contribution in [3.05, 3.63) is 126 Å². The number of ether oxygens (including phenoxy) is 1. The van der Waals surface area contributed by atoms with Gasteiger partial charge in [-0.1, -0.05) is 54.6 Å². The molecule has 0 aliphatic carbocycles. The number of rotatable bonds is 5. The van der Waals surface area contributed by atoms with Crippen molar-refractivity contribution in [2.75, 3.05) is 12.3 Å². The molecular formula is C38H27N3O3. The maximum Gasteiger partial charge on any atom is 0.264 e. The normalized spacial score (nSPS) is 11.7. The molecule has 212 valence electrons. The smallest absolute Gasteiger partial charge is 0.264 e. The van der Waals surface area contributed by atoms with Crippen LogP contribution in [0.25, 0.3) is 71.6 Å². The first kappa shape index (κ1) is 25.8. The second-order valence-electron chi connectivity index (χ2n) is 11.0. The highest BCUT2D eigenvalue weighted by Gasteiger charge is 2.21. The topological polar surface area (TPSA) is 89.8 Å². The highest BCUT2D eigenvalue weighted by atomic mass is 16.5. The molecule has 6 aromatic carbocycles. The van der Waals surface area contributed by atoms with Gasteiger partial charge in [0.05, 0.1) is 17.6 Å². The highest BCUT2D eigenvalue weighted by Crippen LogP contribution is 2.39. The van der Waals surface area contributed by atoms with E-state index in [0.717, 1.165) is 66.3 Å². The van der Waals surface area contributed by atoms with Crippen LogP contribution in [0.3, 0.4) is 0 Å². The summed E-state index contributed by atoms with van der Waals surface area (Å²) in [5, 5.41) is 13.4. The number of pyridine rings is 1. The van der Waals surface area contributed by atoms with Gasteiger partial charge in [-0.2, -0.15) is 0 Å². The first-order valence-corrected chi connectivity index (χ1v) is 14.6. The van der Waals surface area contributed by atoms with Gasteiger partial charge in [0.25, 0.3) is 5.56 Å². The lowest BCUT2D eigenvalue weighted by atomic mass is 9.94. The zero-order valence-electron chi connectivity index (χ0n) is 23.9. The van der Waals surface area contributed by atoms with Crippen LogP contribution in [-0.2, 0) is 0 Å². The predicted molar refractivity (Wildman–Crippen MR) is 179 cm³/mol. The molecule has 8 aromatic rings. The van der Waals surface area contributed by atoms with Gasteiger partial charge in [0.1, 0.15) is 17.1 Å². The van der Waals surface area contributed by atoms with Crippen LogP contribution in [0, 0.1) is 0 Å². The number of benzene rings is 6. The van der Waals surface area contributed by atoms with E-state index in [4.69, 9.17) is 15.5 Å². The van der Waals surface area contributed by atoms with Crippen molar-refractivity contribution >= 4 is 43.9 Å². The summed E-state index contributed by atoms with van der Waals surface area (Å²) in [5.41, 5.74) is 14.4. The van der Waals surface area contributed by atoms with Crippen LogP contribution in [0.2, 0.25) is 0 Å². The number of fused-ring (bicyclic) bond motifs is 4. The fourth-order valence-corrected chi connectivity index (χ4v) is 6.31. The number of nitrogens with two attached hydrogens (primary N) is 1. The molecule has 0 aliphatic rings. The van der Waals surface area contributed by atoms with E-state index in [0.29, 0.717) is 23.3 Å². The number of hydrogen-bond acceptors (Lipinski definition) is 5. The second-order valence-corrected chi connectivity index (χ2v) is 11.0. The Morgan fingerprint density at radius 1 is 0.727 bits per heavy atom. The molecule has 8 rings (SSSR count). The summed E-state index contributed by atoms with van der Waals surface area (Å²) < 4.78 is 7.44. The molecule has 0 spiro atoms. The Morgan fingerprint density at radius 3 is 2.16 bits per heavy atom. The van der Waals surface area contributed by atoms with E-state index >= 15 is 0 Å². The molecule has 0 saturated heterocycles. The molecule has 0 bridgehead atoms. The van der Waals surface area contributed by atoms with Gasteiger partial charge in [-0.3, -0.25) is 9.20 Å². The van der Waals surface area contributed by atoms with E-state index in [1.807, 2.05) is 85.8 Å². The van der Waals surface area contributed by atoms with Crippen LogP contribution >= 0.6 is 0 Å². The molecule has 0 atom stereocenters. The summed E-state index contributed by atoms with van der Waals surface area (Å²) in [6, 6.07) is 37.0. The van der Waals surface area contributed by atoms with Gasteiger partial charge < -0.3 is 15.6 Å². The number of aromatic nitrogens is 2. The standard InChI is InChI=1S/C38H27N3O3/c1-2-44-28-16-10-24(11-17-28)33-20-25(22-8-14-27(42)15-9-22)21-34-36(33)40-37-31-19-18-29(23-6-12-26(39)13-7-23)30-4-3-5-32(35(30)31)38(43)41(34)37/h3-21,42H,2,39H2,1H3. The van der Waals surface area contributed by atoms with Gasteiger partial charge in [-0.15, -0.1) is 0 Å². The van der Waals surface area contributed by atoms with E-state index in [-0.39, 0.29) is 11.3 Å². The van der Waals surface area contributed by atoms with Crippen LogP contribution < -0.4 is 16.0 Å². The third kappa shape index (κ3) is 3.96. The van der Waals surface area contributed by atoms with E-state index < -0.39 is 0 Å². The molecule has 2 heterocycles. The van der Waals surface area contributed by atoms with Crippen molar-refractivity contribution in [1.29, 1.82) is 0 Å². The molecule has 0 unspecified atom stereocenters. The van der Waals surface area contributed by atoms with Gasteiger partial charge in [0, 0.05) is 27.4 Å². The minimum absolute atomic E-state index is 0.115. The summed E-state index contributed by atoms with van der Waals surface area (Å²) in [7, 11) is 0. The molecule has 0 fully saturated rings. The Balaban J connectivity index is 1.46. The lowest BCUT2D eigenvalue weighted by Crippen LogP contribution is -2.13. The molecule has 6 nitrogen and oxygen atoms in total. The minimum atomic E-state index is -0.115. The SMILES string of the molecule is CCOc1ccc(-c2cc(-c3ccc(O)cc3)cc3c2nc2c4ccc(-c5ccc(N)cc5)c5cccc(c(=O)n32)c54)cc1. The van der Waals surface area contributed by atoms with Crippen LogP contribution in [0.4, 0.5) is 5.69 Å². The number of anilines is 1. The van der Waals surface area contributed by atoms with E-state index in [1.165, 1.54) is 0 Å². The minimum Gasteiger partial charge on any atom is -0.508 e. The van der Waals surface area contributed by atoms with E-state index in [9.17, 15) is 9.90 Å². The molecule has 3 N–H and O–H groups in total. The summed E-state index contributed by atoms with van der Waals surface area (Å²) in [4.78, 5) is 19.6. The van der Waals surface area contributed by atoms with Gasteiger partial charge in [-0.25, -0.2) is 4.98 Å². The van der Waals surface area contributed by atoms with E-state index in [2.05, 4.69) is 24.3 Å². The Labute approximate surface area is 252 Å². The Morgan fingerprint density at radius 2 is 1.41 bits per heavy atom. The molecule has 0 radical (unpaired) electrons. The lowest BCUT2D eigenvalue weighted by molar-refractivity contribution is 0.340. The Bertz CT molecular complexity index is 2410. The number of hydrogen-bond donors (Lipinski definition) is 2. The van der Waals surface area contributed by atoms with Crippen molar-refractivity contribution in [3.63, 3.8) is 0 Å². The van der Waals surface area contributed by atoms with Gasteiger partial charge in [0.2, 0.25) is 0 Å². The lowest BCUT2D eigenvalue weighted by Gasteiger charge is -2.12. The quantitative estimate of drug-likeness (QED) is 0.202. The highest BCUT2D eigenvalue weighted by molar-refractivity contribution is 6.19. The first-order valence-electron chi connectivity index (χ1n) is 14.6. The number of nitrogen functional groups attached to an aromatic ring is 1. The van der Waals surface area contributed by atoms with Gasteiger partial charge in [0.15, 0.2) is 0 Å². The summed E-state index contributed by atoms with van der Waals surface area (Å²) in [5.74, 6) is 0.988. The fourth-order valence-electron chi connectivity index (χ4n) is 6.31. The van der Waals surface area contributed by atoms with Crippen molar-refractivity contribution in [2.24, 2.45) is 0 Å². The predicted octanol–water partition coefficient (Wildman–Crippen LogP) is 8.28. The maximum absolute atomic E-state index is 14.4. The summed E-state index contributed by atoms with van der Waals surface area (Å²) >= 11 is 0. The maximum atomic E-state index is 14.4. The zero-order valence-corrected chi connectivity index (χ0v) is 23.9. The number of phenols is 1. The first-order chi connectivity index (χ1) is 21.5. The van der Waals surface area contributed by atoms with Crippen LogP contribution in [0.5, 0.6) is 11.5 Å². The third-order valence-electron chi connectivity index (χ3n) is 8.37. The molecule has 6 heteroatoms. The molecule has 2 aromatic heterocycles. The number of imidazole rings is 1. The van der Waals surface area contributed by atoms with Crippen LogP contribution in [-0.4, -0.2) is 21.1 Å². The fraction of sp³-hybridized carbons (Fsp3) is 0.0526. The van der Waals surface area contributed by atoms with Gasteiger partial charge >= 0.3 is 0 Å². The number of phenolic OH excluding ortho intramolecular Hbond substituents is 1. The largest absolute Gasteiger partial charge is 0.508 e. The molecule has 0 aliphatic heterocycles. The third-order valence-corrected chi connectivity index (χ3v) is 8.37. The average Bonchev–Trinajstić information content (AvgIpc) is 3.44. The van der Waals surface area contributed by atoms with Crippen molar-refractivity contribution in [3.8, 4) is 44.9 Å². The number of aromatic hydroxyl groups is 1. The molecule has 44 heavy (non-hydrogen) atoms. The molecule has 0 saturated carbocycles. The Kier molecular flexibility index (Phi) is 5.78. The molecule has 0 amide bonds. The summed E-state index contributed by atoms with van der Waals surface area (Å²) in [6.07, 6.45) is 0. The van der Waals surface area contributed by atoms with Crippen molar-refractivity contribution in [1.82, 2.24) is 9.38 Å². The number of nitrogens with zero attached hydrogens (tertiary/aromatic N) is 2. The molecular weight excluding hydrogens is 546 g/mol. The summed E-state index contributed by atoms with van der Waals surface area (Å²) in [6.45, 7) is 2.55. The monoisotopic (exact) mass is 573 g/mol. The Hall–Kier alpha value is -5.88.